The van der Waals surface area contributed by atoms with Crippen LogP contribution in [0.3, 0.4) is 0 Å². The first-order chi connectivity index (χ1) is 4.86. The van der Waals surface area contributed by atoms with Crippen molar-refractivity contribution in [3.05, 3.63) is 36.7 Å². The molecule has 0 radical (unpaired) electrons. The molecule has 0 unspecified atom stereocenters. The number of rotatable bonds is 3. The van der Waals surface area contributed by atoms with Crippen molar-refractivity contribution in [2.45, 2.75) is 13.1 Å². The maximum Gasteiger partial charge on any atom is 0.0397 e. The molecule has 1 aromatic rings. The van der Waals surface area contributed by atoms with Gasteiger partial charge in [0, 0.05) is 25.5 Å². The van der Waals surface area contributed by atoms with Gasteiger partial charge in [-0.1, -0.05) is 6.08 Å². The van der Waals surface area contributed by atoms with Gasteiger partial charge in [0.25, 0.3) is 0 Å². The molecule has 0 spiro atoms. The zero-order valence-corrected chi connectivity index (χ0v) is 5.96. The third kappa shape index (κ3) is 1.48. The van der Waals surface area contributed by atoms with Crippen molar-refractivity contribution in [1.82, 2.24) is 4.57 Å². The van der Waals surface area contributed by atoms with Gasteiger partial charge in [0.2, 0.25) is 0 Å². The Morgan fingerprint density at radius 2 is 2.50 bits per heavy atom. The van der Waals surface area contributed by atoms with Gasteiger partial charge in [0.15, 0.2) is 0 Å². The first-order valence-electron chi connectivity index (χ1n) is 3.32. The number of nitrogens with zero attached hydrogens (tertiary/aromatic N) is 1. The molecule has 0 aliphatic carbocycles. The SMILES string of the molecule is C=CCn1ccc(CN)c1. The van der Waals surface area contributed by atoms with E-state index in [-0.39, 0.29) is 0 Å². The van der Waals surface area contributed by atoms with E-state index in [0.29, 0.717) is 6.54 Å². The highest BCUT2D eigenvalue weighted by Gasteiger charge is 1.90. The summed E-state index contributed by atoms with van der Waals surface area (Å²) in [6.45, 7) is 5.12. The molecule has 1 aromatic heterocycles. The van der Waals surface area contributed by atoms with E-state index >= 15 is 0 Å². The van der Waals surface area contributed by atoms with Crippen LogP contribution in [0.25, 0.3) is 0 Å². The Morgan fingerprint density at radius 3 is 3.00 bits per heavy atom. The average Bonchev–Trinajstić information content (AvgIpc) is 2.37. The highest BCUT2D eigenvalue weighted by Crippen LogP contribution is 1.98. The molecule has 0 aliphatic rings. The molecule has 2 heteroatoms. The molecule has 0 atom stereocenters. The largest absolute Gasteiger partial charge is 0.350 e. The first kappa shape index (κ1) is 7.09. The monoisotopic (exact) mass is 136 g/mol. The lowest BCUT2D eigenvalue weighted by atomic mass is 10.3. The fourth-order valence-corrected chi connectivity index (χ4v) is 0.874. The molecule has 0 saturated carbocycles. The van der Waals surface area contributed by atoms with E-state index in [9.17, 15) is 0 Å². The minimum absolute atomic E-state index is 0.615. The molecule has 0 saturated heterocycles. The fraction of sp³-hybridized carbons (Fsp3) is 0.250. The van der Waals surface area contributed by atoms with Crippen molar-refractivity contribution in [1.29, 1.82) is 0 Å². The molecule has 2 nitrogen and oxygen atoms in total. The lowest BCUT2D eigenvalue weighted by molar-refractivity contribution is 0.826. The van der Waals surface area contributed by atoms with Crippen LogP contribution in [0, 0.1) is 0 Å². The van der Waals surface area contributed by atoms with Crippen molar-refractivity contribution < 1.29 is 0 Å². The Balaban J connectivity index is 2.67. The van der Waals surface area contributed by atoms with E-state index in [2.05, 4.69) is 11.1 Å². The predicted octanol–water partition coefficient (Wildman–Crippen LogP) is 1.13. The minimum atomic E-state index is 0.615. The third-order valence-corrected chi connectivity index (χ3v) is 1.39. The summed E-state index contributed by atoms with van der Waals surface area (Å²) in [6, 6.07) is 2.02. The zero-order chi connectivity index (χ0) is 7.40. The second kappa shape index (κ2) is 3.22. The maximum atomic E-state index is 5.42. The Morgan fingerprint density at radius 1 is 1.70 bits per heavy atom. The molecule has 0 bridgehead atoms. The van der Waals surface area contributed by atoms with Crippen LogP contribution in [0.15, 0.2) is 31.1 Å². The molecule has 1 heterocycles. The van der Waals surface area contributed by atoms with E-state index in [1.807, 2.05) is 24.5 Å². The van der Waals surface area contributed by atoms with Crippen molar-refractivity contribution in [2.75, 3.05) is 0 Å². The van der Waals surface area contributed by atoms with E-state index in [0.717, 1.165) is 6.54 Å². The second-order valence-electron chi connectivity index (χ2n) is 2.21. The van der Waals surface area contributed by atoms with Crippen LogP contribution in [-0.2, 0) is 13.1 Å². The van der Waals surface area contributed by atoms with Gasteiger partial charge in [-0.25, -0.2) is 0 Å². The molecule has 2 N–H and O–H groups in total. The van der Waals surface area contributed by atoms with Crippen molar-refractivity contribution in [3.63, 3.8) is 0 Å². The predicted molar refractivity (Wildman–Crippen MR) is 42.5 cm³/mol. The molecule has 0 fully saturated rings. The Bertz CT molecular complexity index is 213. The van der Waals surface area contributed by atoms with Gasteiger partial charge in [0.05, 0.1) is 0 Å². The molecule has 10 heavy (non-hydrogen) atoms. The molecular formula is C8H12N2. The summed E-state index contributed by atoms with van der Waals surface area (Å²) < 4.78 is 2.05. The summed E-state index contributed by atoms with van der Waals surface area (Å²) in [4.78, 5) is 0. The van der Waals surface area contributed by atoms with Crippen LogP contribution in [0.1, 0.15) is 5.56 Å². The lowest BCUT2D eigenvalue weighted by Gasteiger charge is -1.93. The van der Waals surface area contributed by atoms with Crippen molar-refractivity contribution in [2.24, 2.45) is 5.73 Å². The maximum absolute atomic E-state index is 5.42. The van der Waals surface area contributed by atoms with Crippen LogP contribution in [0.5, 0.6) is 0 Å². The third-order valence-electron chi connectivity index (χ3n) is 1.39. The van der Waals surface area contributed by atoms with E-state index in [1.165, 1.54) is 5.56 Å². The zero-order valence-electron chi connectivity index (χ0n) is 5.96. The molecule has 54 valence electrons. The fourth-order valence-electron chi connectivity index (χ4n) is 0.874. The summed E-state index contributed by atoms with van der Waals surface area (Å²) in [5.41, 5.74) is 6.59. The van der Waals surface area contributed by atoms with Gasteiger partial charge in [-0.2, -0.15) is 0 Å². The molecule has 1 rings (SSSR count). The van der Waals surface area contributed by atoms with E-state index in [4.69, 9.17) is 5.73 Å². The van der Waals surface area contributed by atoms with Gasteiger partial charge >= 0.3 is 0 Å². The number of aromatic nitrogens is 1. The van der Waals surface area contributed by atoms with Crippen LogP contribution in [0.4, 0.5) is 0 Å². The molecule has 0 aliphatic heterocycles. The van der Waals surface area contributed by atoms with Crippen LogP contribution >= 0.6 is 0 Å². The number of hydrogen-bond donors (Lipinski definition) is 1. The number of allylic oxidation sites excluding steroid dienone is 1. The highest BCUT2D eigenvalue weighted by molar-refractivity contribution is 5.09. The summed E-state index contributed by atoms with van der Waals surface area (Å²) in [7, 11) is 0. The van der Waals surface area contributed by atoms with Gasteiger partial charge in [-0.3, -0.25) is 0 Å². The first-order valence-corrected chi connectivity index (χ1v) is 3.32. The highest BCUT2D eigenvalue weighted by atomic mass is 14.9. The summed E-state index contributed by atoms with van der Waals surface area (Å²) in [5.74, 6) is 0. The van der Waals surface area contributed by atoms with E-state index < -0.39 is 0 Å². The van der Waals surface area contributed by atoms with Crippen LogP contribution in [-0.4, -0.2) is 4.57 Å². The smallest absolute Gasteiger partial charge is 0.0397 e. The average molecular weight is 136 g/mol. The van der Waals surface area contributed by atoms with Crippen molar-refractivity contribution in [3.8, 4) is 0 Å². The lowest BCUT2D eigenvalue weighted by Crippen LogP contribution is -1.94. The number of nitrogens with two attached hydrogens (primary N) is 1. The topological polar surface area (TPSA) is 30.9 Å². The van der Waals surface area contributed by atoms with Gasteiger partial charge in [-0.05, 0) is 11.6 Å². The Labute approximate surface area is 61.0 Å². The van der Waals surface area contributed by atoms with Crippen molar-refractivity contribution >= 4 is 0 Å². The minimum Gasteiger partial charge on any atom is -0.350 e. The van der Waals surface area contributed by atoms with Gasteiger partial charge in [0.1, 0.15) is 0 Å². The molecule has 0 amide bonds. The normalized spacial score (nSPS) is 9.70. The number of hydrogen-bond acceptors (Lipinski definition) is 1. The molecular weight excluding hydrogens is 124 g/mol. The summed E-state index contributed by atoms with van der Waals surface area (Å²) >= 11 is 0. The quantitative estimate of drug-likeness (QED) is 0.620. The van der Waals surface area contributed by atoms with Gasteiger partial charge < -0.3 is 10.3 Å². The van der Waals surface area contributed by atoms with E-state index in [1.54, 1.807) is 0 Å². The summed E-state index contributed by atoms with van der Waals surface area (Å²) in [6.07, 6.45) is 5.89. The van der Waals surface area contributed by atoms with Gasteiger partial charge in [-0.15, -0.1) is 6.58 Å². The Kier molecular flexibility index (Phi) is 2.29. The van der Waals surface area contributed by atoms with Crippen LogP contribution in [0.2, 0.25) is 0 Å². The standard InChI is InChI=1S/C8H12N2/c1-2-4-10-5-3-8(6-9)7-10/h2-3,5,7H,1,4,6,9H2. The molecule has 0 aromatic carbocycles. The summed E-state index contributed by atoms with van der Waals surface area (Å²) in [5, 5.41) is 0. The second-order valence-corrected chi connectivity index (χ2v) is 2.21. The Hall–Kier alpha value is -1.02. The van der Waals surface area contributed by atoms with Crippen LogP contribution < -0.4 is 5.73 Å².